The van der Waals surface area contributed by atoms with Crippen molar-refractivity contribution in [1.29, 1.82) is 0 Å². The van der Waals surface area contributed by atoms with Crippen LogP contribution in [0.15, 0.2) is 43.0 Å². The highest BCUT2D eigenvalue weighted by molar-refractivity contribution is 5.90. The van der Waals surface area contributed by atoms with Gasteiger partial charge in [-0.15, -0.1) is 0 Å². The van der Waals surface area contributed by atoms with Gasteiger partial charge in [-0.05, 0) is 18.2 Å². The van der Waals surface area contributed by atoms with E-state index in [1.165, 1.54) is 6.33 Å². The lowest BCUT2D eigenvalue weighted by Crippen LogP contribution is -2.39. The average molecular weight is 356 g/mol. The van der Waals surface area contributed by atoms with Crippen molar-refractivity contribution in [2.24, 2.45) is 0 Å². The van der Waals surface area contributed by atoms with Crippen LogP contribution in [-0.4, -0.2) is 38.9 Å². The zero-order chi connectivity index (χ0) is 18.0. The number of nitrogens with zero attached hydrogens (tertiary/aromatic N) is 5. The van der Waals surface area contributed by atoms with Crippen LogP contribution in [0.5, 0.6) is 0 Å². The Morgan fingerprint density at radius 1 is 1.08 bits per heavy atom. The minimum Gasteiger partial charge on any atom is -0.364 e. The molecule has 0 aliphatic carbocycles. The zero-order valence-electron chi connectivity index (χ0n) is 14.1. The predicted octanol–water partition coefficient (Wildman–Crippen LogP) is 3.27. The summed E-state index contributed by atoms with van der Waals surface area (Å²) in [5.41, 5.74) is 1.60. The molecule has 1 saturated heterocycles. The van der Waals surface area contributed by atoms with Crippen LogP contribution in [0.25, 0.3) is 10.9 Å². The van der Waals surface area contributed by atoms with Crippen LogP contribution in [0.4, 0.5) is 20.4 Å². The van der Waals surface area contributed by atoms with Crippen LogP contribution in [0.1, 0.15) is 18.5 Å². The second-order valence-corrected chi connectivity index (χ2v) is 6.30. The Kier molecular flexibility index (Phi) is 4.32. The number of rotatable bonds is 4. The lowest BCUT2D eigenvalue weighted by molar-refractivity contribution is -0.0221. The summed E-state index contributed by atoms with van der Waals surface area (Å²) in [5.74, 6) is -1.23. The minimum absolute atomic E-state index is 0.150. The van der Waals surface area contributed by atoms with Gasteiger partial charge in [0.1, 0.15) is 18.0 Å². The molecule has 4 rings (SSSR count). The van der Waals surface area contributed by atoms with E-state index in [1.54, 1.807) is 12.4 Å². The highest BCUT2D eigenvalue weighted by atomic mass is 19.3. The molecule has 0 radical (unpaired) electrons. The molecule has 0 saturated carbocycles. The number of alkyl halides is 2. The van der Waals surface area contributed by atoms with Crippen molar-refractivity contribution in [3.63, 3.8) is 0 Å². The quantitative estimate of drug-likeness (QED) is 0.774. The molecule has 1 aliphatic rings. The van der Waals surface area contributed by atoms with Crippen molar-refractivity contribution >= 4 is 22.5 Å². The van der Waals surface area contributed by atoms with Gasteiger partial charge in [0.2, 0.25) is 0 Å². The maximum atomic E-state index is 13.4. The number of hydrogen-bond donors (Lipinski definition) is 1. The number of hydrogen-bond acceptors (Lipinski definition) is 6. The Labute approximate surface area is 149 Å². The lowest BCUT2D eigenvalue weighted by atomic mass is 10.1. The molecule has 1 fully saturated rings. The Hall–Kier alpha value is -2.90. The number of aromatic nitrogens is 4. The number of anilines is 2. The number of piperidine rings is 1. The molecule has 3 aromatic rings. The van der Waals surface area contributed by atoms with Gasteiger partial charge in [-0.2, -0.15) is 0 Å². The molecule has 8 heteroatoms. The maximum absolute atomic E-state index is 13.4. The molecule has 4 heterocycles. The largest absolute Gasteiger partial charge is 0.364 e. The van der Waals surface area contributed by atoms with Crippen LogP contribution >= 0.6 is 0 Å². The lowest BCUT2D eigenvalue weighted by Gasteiger charge is -2.32. The molecule has 1 aliphatic heterocycles. The van der Waals surface area contributed by atoms with Gasteiger partial charge in [0.05, 0.1) is 24.0 Å². The summed E-state index contributed by atoms with van der Waals surface area (Å²) in [5, 5.41) is 4.08. The molecule has 0 aromatic carbocycles. The van der Waals surface area contributed by atoms with Gasteiger partial charge < -0.3 is 10.2 Å². The topological polar surface area (TPSA) is 66.8 Å². The Morgan fingerprint density at radius 3 is 2.69 bits per heavy atom. The summed E-state index contributed by atoms with van der Waals surface area (Å²) in [4.78, 5) is 19.1. The molecule has 6 nitrogen and oxygen atoms in total. The smallest absolute Gasteiger partial charge is 0.251 e. The third-order valence-electron chi connectivity index (χ3n) is 4.49. The number of nitrogens with one attached hydrogen (secondary N) is 1. The van der Waals surface area contributed by atoms with Gasteiger partial charge >= 0.3 is 0 Å². The summed E-state index contributed by atoms with van der Waals surface area (Å²) in [6.45, 7) is 1.10. The normalized spacial score (nSPS) is 16.6. The summed E-state index contributed by atoms with van der Waals surface area (Å²) in [6.07, 6.45) is 4.58. The molecule has 26 heavy (non-hydrogen) atoms. The van der Waals surface area contributed by atoms with Gasteiger partial charge in [0.15, 0.2) is 0 Å². The van der Waals surface area contributed by atoms with Gasteiger partial charge in [0.25, 0.3) is 5.92 Å². The third-order valence-corrected chi connectivity index (χ3v) is 4.49. The van der Waals surface area contributed by atoms with E-state index in [4.69, 9.17) is 0 Å². The van der Waals surface area contributed by atoms with Crippen LogP contribution < -0.4 is 10.2 Å². The van der Waals surface area contributed by atoms with E-state index in [1.807, 2.05) is 29.2 Å². The first-order valence-corrected chi connectivity index (χ1v) is 8.48. The molecule has 1 N–H and O–H groups in total. The molecule has 0 bridgehead atoms. The van der Waals surface area contributed by atoms with E-state index < -0.39 is 5.92 Å². The van der Waals surface area contributed by atoms with E-state index in [9.17, 15) is 8.78 Å². The van der Waals surface area contributed by atoms with Crippen LogP contribution in [0.2, 0.25) is 0 Å². The van der Waals surface area contributed by atoms with Crippen molar-refractivity contribution in [3.05, 3.63) is 48.7 Å². The van der Waals surface area contributed by atoms with E-state index in [-0.39, 0.29) is 25.9 Å². The predicted molar refractivity (Wildman–Crippen MR) is 95.3 cm³/mol. The fourth-order valence-corrected chi connectivity index (χ4v) is 3.00. The third kappa shape index (κ3) is 3.54. The summed E-state index contributed by atoms with van der Waals surface area (Å²) < 4.78 is 26.8. The van der Waals surface area contributed by atoms with Gasteiger partial charge in [-0.1, -0.05) is 6.07 Å². The number of pyridine rings is 2. The number of halogens is 2. The Balaban J connectivity index is 1.58. The van der Waals surface area contributed by atoms with Crippen LogP contribution in [0, 0.1) is 0 Å². The van der Waals surface area contributed by atoms with Crippen LogP contribution in [0.3, 0.4) is 0 Å². The molecule has 0 unspecified atom stereocenters. The van der Waals surface area contributed by atoms with E-state index in [0.717, 1.165) is 11.1 Å². The van der Waals surface area contributed by atoms with Gasteiger partial charge in [-0.25, -0.2) is 23.7 Å². The van der Waals surface area contributed by atoms with Crippen molar-refractivity contribution in [3.8, 4) is 0 Å². The van der Waals surface area contributed by atoms with Gasteiger partial charge in [0, 0.05) is 37.5 Å². The molecule has 0 spiro atoms. The SMILES string of the molecule is FC1(F)CCN(c2cc3c(NCc4ccccn4)ncnc3cn2)CC1. The average Bonchev–Trinajstić information content (AvgIpc) is 2.67. The summed E-state index contributed by atoms with van der Waals surface area (Å²) in [6, 6.07) is 7.58. The Bertz CT molecular complexity index is 893. The zero-order valence-corrected chi connectivity index (χ0v) is 14.1. The highest BCUT2D eigenvalue weighted by Crippen LogP contribution is 2.31. The van der Waals surface area contributed by atoms with Crippen molar-refractivity contribution in [1.82, 2.24) is 19.9 Å². The van der Waals surface area contributed by atoms with Crippen molar-refractivity contribution < 1.29 is 8.78 Å². The fraction of sp³-hybridized carbons (Fsp3) is 0.333. The molecule has 134 valence electrons. The van der Waals surface area contributed by atoms with Crippen molar-refractivity contribution in [2.45, 2.75) is 25.3 Å². The minimum atomic E-state index is -2.58. The standard InChI is InChI=1S/C18H18F2N6/c19-18(20)4-7-26(8-5-18)16-9-14-15(11-22-16)24-12-25-17(14)23-10-13-3-1-2-6-21-13/h1-3,6,9,11-12H,4-5,7-8,10H2,(H,23,24,25). The molecule has 3 aromatic heterocycles. The summed E-state index contributed by atoms with van der Waals surface area (Å²) in [7, 11) is 0. The second kappa shape index (κ2) is 6.78. The molecule has 0 atom stereocenters. The van der Waals surface area contributed by atoms with Crippen molar-refractivity contribution in [2.75, 3.05) is 23.3 Å². The summed E-state index contributed by atoms with van der Waals surface area (Å²) >= 11 is 0. The van der Waals surface area contributed by atoms with E-state index in [2.05, 4.69) is 25.3 Å². The van der Waals surface area contributed by atoms with E-state index >= 15 is 0 Å². The number of fused-ring (bicyclic) bond motifs is 1. The first-order valence-electron chi connectivity index (χ1n) is 8.48. The fourth-order valence-electron chi connectivity index (χ4n) is 3.00. The first kappa shape index (κ1) is 16.6. The Morgan fingerprint density at radius 2 is 1.92 bits per heavy atom. The van der Waals surface area contributed by atoms with Crippen LogP contribution in [-0.2, 0) is 6.54 Å². The highest BCUT2D eigenvalue weighted by Gasteiger charge is 2.34. The second-order valence-electron chi connectivity index (χ2n) is 6.30. The van der Waals surface area contributed by atoms with Gasteiger partial charge in [-0.3, -0.25) is 4.98 Å². The molecule has 0 amide bonds. The monoisotopic (exact) mass is 356 g/mol. The molecular formula is C18H18F2N6. The van der Waals surface area contributed by atoms with E-state index in [0.29, 0.717) is 23.7 Å². The maximum Gasteiger partial charge on any atom is 0.251 e. The first-order chi connectivity index (χ1) is 12.6. The molecular weight excluding hydrogens is 338 g/mol.